The number of rotatable bonds is 9. The molecule has 1 aliphatic carbocycles. The Kier molecular flexibility index (Phi) is 11.1. The summed E-state index contributed by atoms with van der Waals surface area (Å²) < 4.78 is 6.03. The topological polar surface area (TPSA) is 66.0 Å². The number of hydrogen-bond donors (Lipinski definition) is 2. The van der Waals surface area contributed by atoms with Crippen molar-refractivity contribution in [1.82, 2.24) is 15.5 Å². The van der Waals surface area contributed by atoms with Gasteiger partial charge in [0, 0.05) is 51.3 Å². The first-order chi connectivity index (χ1) is 13.8. The van der Waals surface area contributed by atoms with Gasteiger partial charge in [-0.15, -0.1) is 24.0 Å². The summed E-state index contributed by atoms with van der Waals surface area (Å²) in [5.74, 6) is 0.843. The monoisotopic (exact) mass is 530 g/mol. The molecule has 1 aliphatic rings. The number of unbranched alkanes of at least 4 members (excludes halogenated alkanes) is 1. The largest absolute Gasteiger partial charge is 0.378 e. The molecule has 2 atom stereocenters. The van der Waals surface area contributed by atoms with Gasteiger partial charge >= 0.3 is 0 Å². The van der Waals surface area contributed by atoms with Gasteiger partial charge in [0.25, 0.3) is 5.91 Å². The molecule has 6 nitrogen and oxygen atoms in total. The normalized spacial score (nSPS) is 20.0. The highest BCUT2D eigenvalue weighted by atomic mass is 127. The minimum atomic E-state index is 0. The second kappa shape index (κ2) is 12.5. The maximum absolute atomic E-state index is 12.1. The van der Waals surface area contributed by atoms with E-state index in [1.807, 2.05) is 18.2 Å². The Morgan fingerprint density at radius 3 is 2.67 bits per heavy atom. The second-order valence-corrected chi connectivity index (χ2v) is 8.62. The predicted molar refractivity (Wildman–Crippen MR) is 135 cm³/mol. The lowest BCUT2D eigenvalue weighted by atomic mass is 9.64. The quantitative estimate of drug-likeness (QED) is 0.221. The molecule has 1 saturated carbocycles. The number of benzene rings is 1. The molecule has 1 fully saturated rings. The van der Waals surface area contributed by atoms with Crippen LogP contribution in [-0.2, 0) is 11.2 Å². The molecule has 0 aliphatic heterocycles. The molecule has 0 radical (unpaired) electrons. The van der Waals surface area contributed by atoms with Crippen LogP contribution in [0.5, 0.6) is 0 Å². The number of carbonyl (C=O) groups is 1. The fourth-order valence-electron chi connectivity index (χ4n) is 3.59. The van der Waals surface area contributed by atoms with Gasteiger partial charge in [-0.1, -0.05) is 39.3 Å². The number of aliphatic imine (C=N–C) groups is 1. The molecular weight excluding hydrogens is 491 g/mol. The van der Waals surface area contributed by atoms with Crippen LogP contribution in [0.25, 0.3) is 0 Å². The summed E-state index contributed by atoms with van der Waals surface area (Å²) in [4.78, 5) is 18.1. The van der Waals surface area contributed by atoms with Crippen LogP contribution in [0.3, 0.4) is 0 Å². The predicted octanol–water partition coefficient (Wildman–Crippen LogP) is 3.70. The summed E-state index contributed by atoms with van der Waals surface area (Å²) in [5, 5.41) is 6.94. The molecule has 0 spiro atoms. The van der Waals surface area contributed by atoms with E-state index in [0.717, 1.165) is 55.9 Å². The molecule has 0 aromatic heterocycles. The molecular formula is C23H39IN4O2. The molecule has 1 amide bonds. The van der Waals surface area contributed by atoms with Crippen LogP contribution in [0.4, 0.5) is 0 Å². The van der Waals surface area contributed by atoms with Crippen molar-refractivity contribution in [3.05, 3.63) is 35.4 Å². The van der Waals surface area contributed by atoms with Crippen LogP contribution >= 0.6 is 24.0 Å². The Morgan fingerprint density at radius 1 is 1.33 bits per heavy atom. The van der Waals surface area contributed by atoms with E-state index in [2.05, 4.69) is 42.5 Å². The van der Waals surface area contributed by atoms with E-state index >= 15 is 0 Å². The summed E-state index contributed by atoms with van der Waals surface area (Å²) in [6.45, 7) is 8.30. The van der Waals surface area contributed by atoms with Crippen LogP contribution in [0.1, 0.15) is 56.0 Å². The van der Waals surface area contributed by atoms with Crippen LogP contribution in [0, 0.1) is 5.41 Å². The van der Waals surface area contributed by atoms with Gasteiger partial charge in [0.1, 0.15) is 0 Å². The number of amides is 1. The van der Waals surface area contributed by atoms with Crippen molar-refractivity contribution in [2.45, 2.75) is 58.6 Å². The third kappa shape index (κ3) is 7.11. The van der Waals surface area contributed by atoms with Gasteiger partial charge < -0.3 is 20.3 Å². The number of halogens is 1. The van der Waals surface area contributed by atoms with Crippen molar-refractivity contribution in [2.75, 3.05) is 34.3 Å². The molecule has 0 saturated heterocycles. The van der Waals surface area contributed by atoms with Gasteiger partial charge in [-0.25, -0.2) is 0 Å². The van der Waals surface area contributed by atoms with Crippen LogP contribution in [0.2, 0.25) is 0 Å². The van der Waals surface area contributed by atoms with E-state index in [0.29, 0.717) is 12.1 Å². The number of hydrogen-bond acceptors (Lipinski definition) is 3. The van der Waals surface area contributed by atoms with Gasteiger partial charge in [0.2, 0.25) is 0 Å². The Hall–Kier alpha value is -1.35. The lowest BCUT2D eigenvalue weighted by molar-refractivity contribution is -0.113. The van der Waals surface area contributed by atoms with E-state index in [-0.39, 0.29) is 35.3 Å². The molecule has 1 aromatic rings. The van der Waals surface area contributed by atoms with Gasteiger partial charge in [-0.3, -0.25) is 9.79 Å². The summed E-state index contributed by atoms with van der Waals surface area (Å²) in [5.41, 5.74) is 1.95. The average Bonchev–Trinajstić information content (AvgIpc) is 2.70. The minimum absolute atomic E-state index is 0. The van der Waals surface area contributed by atoms with Crippen molar-refractivity contribution in [3.63, 3.8) is 0 Å². The Bertz CT molecular complexity index is 706. The van der Waals surface area contributed by atoms with E-state index < -0.39 is 0 Å². The van der Waals surface area contributed by atoms with Gasteiger partial charge in [0.15, 0.2) is 5.96 Å². The maximum atomic E-state index is 12.1. The van der Waals surface area contributed by atoms with Crippen LogP contribution in [-0.4, -0.2) is 63.2 Å². The van der Waals surface area contributed by atoms with Gasteiger partial charge in [0.05, 0.1) is 6.10 Å². The maximum Gasteiger partial charge on any atom is 0.253 e. The molecule has 7 heteroatoms. The highest BCUT2D eigenvalue weighted by molar-refractivity contribution is 14.0. The Morgan fingerprint density at radius 2 is 2.07 bits per heavy atom. The number of carbonyl (C=O) groups excluding carboxylic acids is 1. The summed E-state index contributed by atoms with van der Waals surface area (Å²) in [6, 6.07) is 8.17. The summed E-state index contributed by atoms with van der Waals surface area (Å²) in [7, 11) is 5.34. The molecule has 170 valence electrons. The van der Waals surface area contributed by atoms with E-state index in [1.54, 1.807) is 26.0 Å². The van der Waals surface area contributed by atoms with Gasteiger partial charge in [-0.2, -0.15) is 0 Å². The lowest BCUT2D eigenvalue weighted by Gasteiger charge is -2.52. The van der Waals surface area contributed by atoms with Crippen molar-refractivity contribution < 1.29 is 9.53 Å². The molecule has 2 unspecified atom stereocenters. The van der Waals surface area contributed by atoms with Crippen LogP contribution < -0.4 is 10.6 Å². The third-order valence-corrected chi connectivity index (χ3v) is 5.82. The zero-order chi connectivity index (χ0) is 21.4. The summed E-state index contributed by atoms with van der Waals surface area (Å²) >= 11 is 0. The van der Waals surface area contributed by atoms with Gasteiger partial charge in [-0.05, 0) is 37.0 Å². The first kappa shape index (κ1) is 26.7. The first-order valence-corrected chi connectivity index (χ1v) is 10.7. The molecule has 1 aromatic carbocycles. The van der Waals surface area contributed by atoms with E-state index in [1.165, 1.54) is 0 Å². The molecule has 2 N–H and O–H groups in total. The fourth-order valence-corrected chi connectivity index (χ4v) is 3.59. The lowest BCUT2D eigenvalue weighted by Crippen LogP contribution is -2.63. The number of nitrogens with zero attached hydrogens (tertiary/aromatic N) is 2. The van der Waals surface area contributed by atoms with E-state index in [9.17, 15) is 4.79 Å². The second-order valence-electron chi connectivity index (χ2n) is 8.62. The van der Waals surface area contributed by atoms with Crippen molar-refractivity contribution in [3.8, 4) is 0 Å². The van der Waals surface area contributed by atoms with E-state index in [4.69, 9.17) is 4.74 Å². The zero-order valence-corrected chi connectivity index (χ0v) is 21.7. The zero-order valence-electron chi connectivity index (χ0n) is 19.3. The number of nitrogens with one attached hydrogen (secondary N) is 2. The number of ether oxygens (including phenoxy) is 1. The standard InChI is InChI=1S/C23H38N4O2.HI/c1-7-8-14-29-20-16-19(23(20,2)3)26-22(24-4)25-13-12-17-10-9-11-18(15-17)21(28)27(5)6;/h9-11,15,19-20H,7-8,12-14,16H2,1-6H3,(H2,24,25,26);1H. The van der Waals surface area contributed by atoms with Crippen molar-refractivity contribution in [2.24, 2.45) is 10.4 Å². The summed E-state index contributed by atoms with van der Waals surface area (Å²) in [6.07, 6.45) is 4.42. The van der Waals surface area contributed by atoms with Crippen LogP contribution in [0.15, 0.2) is 29.3 Å². The van der Waals surface area contributed by atoms with Crippen molar-refractivity contribution >= 4 is 35.8 Å². The molecule has 30 heavy (non-hydrogen) atoms. The third-order valence-electron chi connectivity index (χ3n) is 5.82. The molecule has 2 rings (SSSR count). The first-order valence-electron chi connectivity index (χ1n) is 10.7. The highest BCUT2D eigenvalue weighted by Gasteiger charge is 2.49. The SMILES string of the molecule is CCCCOC1CC(NC(=NC)NCCc2cccc(C(=O)N(C)C)c2)C1(C)C.I. The number of guanidine groups is 1. The molecule has 0 bridgehead atoms. The Balaban J connectivity index is 0.00000450. The van der Waals surface area contributed by atoms with Crippen molar-refractivity contribution in [1.29, 1.82) is 0 Å². The fraction of sp³-hybridized carbons (Fsp3) is 0.652. The smallest absolute Gasteiger partial charge is 0.253 e. The average molecular weight is 530 g/mol. The highest BCUT2D eigenvalue weighted by Crippen LogP contribution is 2.42. The molecule has 0 heterocycles. The Labute approximate surface area is 199 Å². The minimum Gasteiger partial charge on any atom is -0.378 e.